The molecule has 0 aliphatic rings. The maximum Gasteiger partial charge on any atom is 0.472 e. The number of phosphoric acid groups is 1. The second-order valence-electron chi connectivity index (χ2n) is 20.3. The fourth-order valence-electron chi connectivity index (χ4n) is 8.19. The maximum absolute atomic E-state index is 12.9. The first-order chi connectivity index (χ1) is 31.5. The second-order valence-corrected chi connectivity index (χ2v) is 21.8. The summed E-state index contributed by atoms with van der Waals surface area (Å²) >= 11 is 0. The van der Waals surface area contributed by atoms with E-state index in [1.54, 1.807) is 6.08 Å². The van der Waals surface area contributed by atoms with Gasteiger partial charge in [-0.1, -0.05) is 249 Å². The van der Waals surface area contributed by atoms with Crippen molar-refractivity contribution in [2.24, 2.45) is 0 Å². The minimum absolute atomic E-state index is 0.0550. The van der Waals surface area contributed by atoms with Crippen LogP contribution in [0.3, 0.4) is 0 Å². The lowest BCUT2D eigenvalue weighted by molar-refractivity contribution is -0.870. The number of aliphatic hydroxyl groups is 1. The molecular formula is C56H110N2O6P+. The molecular weight excluding hydrogens is 828 g/mol. The number of nitrogens with one attached hydrogen (secondary N) is 1. The van der Waals surface area contributed by atoms with Gasteiger partial charge in [-0.3, -0.25) is 13.8 Å². The van der Waals surface area contributed by atoms with Gasteiger partial charge in [0.15, 0.2) is 0 Å². The Bertz CT molecular complexity index is 1150. The zero-order valence-electron chi connectivity index (χ0n) is 43.7. The lowest BCUT2D eigenvalue weighted by Crippen LogP contribution is -2.45. The molecule has 3 unspecified atom stereocenters. The summed E-state index contributed by atoms with van der Waals surface area (Å²) in [5.74, 6) is -0.188. The minimum atomic E-state index is -4.35. The normalized spacial score (nSPS) is 14.3. The van der Waals surface area contributed by atoms with Crippen LogP contribution in [0.5, 0.6) is 0 Å². The van der Waals surface area contributed by atoms with Crippen LogP contribution in [0, 0.1) is 0 Å². The number of aliphatic hydroxyl groups excluding tert-OH is 1. The van der Waals surface area contributed by atoms with Crippen molar-refractivity contribution in [2.75, 3.05) is 40.9 Å². The molecule has 3 atom stereocenters. The Morgan fingerprint density at radius 1 is 0.508 bits per heavy atom. The van der Waals surface area contributed by atoms with Gasteiger partial charge in [-0.15, -0.1) is 0 Å². The van der Waals surface area contributed by atoms with Crippen LogP contribution in [0.25, 0.3) is 0 Å². The van der Waals surface area contributed by atoms with Gasteiger partial charge in [0.05, 0.1) is 39.9 Å². The fourth-order valence-corrected chi connectivity index (χ4v) is 8.93. The number of phosphoric ester groups is 1. The van der Waals surface area contributed by atoms with E-state index < -0.39 is 20.0 Å². The highest BCUT2D eigenvalue weighted by Gasteiger charge is 2.27. The third-order valence-electron chi connectivity index (χ3n) is 12.6. The first-order valence-corrected chi connectivity index (χ1v) is 29.4. The summed E-state index contributed by atoms with van der Waals surface area (Å²) < 4.78 is 23.6. The number of allylic oxidation sites excluding steroid dienone is 5. The van der Waals surface area contributed by atoms with Gasteiger partial charge in [0.1, 0.15) is 13.2 Å². The number of amides is 1. The van der Waals surface area contributed by atoms with Crippen LogP contribution >= 0.6 is 7.82 Å². The number of hydrogen-bond donors (Lipinski definition) is 3. The molecule has 8 nitrogen and oxygen atoms in total. The summed E-state index contributed by atoms with van der Waals surface area (Å²) in [6, 6.07) is -0.867. The second kappa shape index (κ2) is 47.8. The van der Waals surface area contributed by atoms with Crippen molar-refractivity contribution >= 4 is 13.7 Å². The number of carbonyl (C=O) groups is 1. The zero-order valence-corrected chi connectivity index (χ0v) is 44.6. The summed E-state index contributed by atoms with van der Waals surface area (Å²) in [6.45, 7) is 4.81. The number of quaternary nitrogens is 1. The molecule has 0 aliphatic heterocycles. The molecule has 0 heterocycles. The van der Waals surface area contributed by atoms with E-state index >= 15 is 0 Å². The van der Waals surface area contributed by atoms with Crippen LogP contribution in [0.4, 0.5) is 0 Å². The van der Waals surface area contributed by atoms with E-state index in [4.69, 9.17) is 9.05 Å². The predicted molar refractivity (Wildman–Crippen MR) is 281 cm³/mol. The molecule has 1 amide bonds. The average Bonchev–Trinajstić information content (AvgIpc) is 3.26. The molecule has 9 heteroatoms. The molecule has 0 saturated carbocycles. The van der Waals surface area contributed by atoms with Gasteiger partial charge in [0, 0.05) is 6.42 Å². The molecule has 3 N–H and O–H groups in total. The average molecular weight is 938 g/mol. The zero-order chi connectivity index (χ0) is 47.8. The Kier molecular flexibility index (Phi) is 46.8. The number of hydrogen-bond acceptors (Lipinski definition) is 5. The van der Waals surface area contributed by atoms with Crippen molar-refractivity contribution in [1.82, 2.24) is 5.32 Å². The van der Waals surface area contributed by atoms with Crippen molar-refractivity contribution in [2.45, 2.75) is 276 Å². The highest BCUT2D eigenvalue weighted by molar-refractivity contribution is 7.47. The Labute approximate surface area is 404 Å². The van der Waals surface area contributed by atoms with E-state index in [2.05, 4.69) is 43.5 Å². The fraction of sp³-hybridized carbons (Fsp3) is 0.875. The van der Waals surface area contributed by atoms with Crippen molar-refractivity contribution in [3.63, 3.8) is 0 Å². The molecule has 0 rings (SSSR count). The molecule has 0 radical (unpaired) electrons. The SMILES string of the molecule is CCCCCCCCCCCCCCCCCCCC/C=C/CC/C=C/CC/C=C/C(O)C(COP(=O)(O)OCC[N+](C)(C)C)NC(=O)CCCCCCCCCCCCCCCCC. The Balaban J connectivity index is 4.25. The largest absolute Gasteiger partial charge is 0.472 e. The van der Waals surface area contributed by atoms with Crippen LogP contribution in [0.1, 0.15) is 264 Å². The van der Waals surface area contributed by atoms with E-state index in [1.807, 2.05) is 27.2 Å². The molecule has 0 spiro atoms. The van der Waals surface area contributed by atoms with Gasteiger partial charge in [-0.05, 0) is 44.9 Å². The number of likely N-dealkylation sites (N-methyl/N-ethyl adjacent to an activating group) is 1. The lowest BCUT2D eigenvalue weighted by Gasteiger charge is -2.25. The van der Waals surface area contributed by atoms with Gasteiger partial charge in [-0.25, -0.2) is 4.57 Å². The lowest BCUT2D eigenvalue weighted by atomic mass is 10.0. The van der Waals surface area contributed by atoms with Crippen LogP contribution < -0.4 is 5.32 Å². The Morgan fingerprint density at radius 3 is 1.23 bits per heavy atom. The van der Waals surface area contributed by atoms with Crippen LogP contribution in [-0.2, 0) is 18.4 Å². The maximum atomic E-state index is 12.9. The molecule has 0 bridgehead atoms. The molecule has 0 fully saturated rings. The van der Waals surface area contributed by atoms with Crippen molar-refractivity contribution < 1.29 is 32.9 Å². The van der Waals surface area contributed by atoms with Gasteiger partial charge in [0.25, 0.3) is 0 Å². The van der Waals surface area contributed by atoms with Crippen molar-refractivity contribution in [1.29, 1.82) is 0 Å². The number of unbranched alkanes of at least 4 members (excludes halogenated alkanes) is 34. The summed E-state index contributed by atoms with van der Waals surface area (Å²) in [4.78, 5) is 23.2. The van der Waals surface area contributed by atoms with Crippen LogP contribution in [0.2, 0.25) is 0 Å². The summed E-state index contributed by atoms with van der Waals surface area (Å²) in [5.41, 5.74) is 0. The van der Waals surface area contributed by atoms with Gasteiger partial charge >= 0.3 is 7.82 Å². The van der Waals surface area contributed by atoms with E-state index in [0.717, 1.165) is 44.9 Å². The van der Waals surface area contributed by atoms with Crippen molar-refractivity contribution in [3.05, 3.63) is 36.5 Å². The minimum Gasteiger partial charge on any atom is -0.387 e. The molecule has 0 aromatic heterocycles. The standard InChI is InChI=1S/C56H109N2O6P/c1-6-8-10-12-14-16-18-20-22-23-24-25-26-27-28-29-30-31-32-33-34-36-37-39-41-43-45-47-49-55(59)54(53-64-65(61,62)63-52-51-58(3,4)5)57-56(60)50-48-46-44-42-40-38-35-21-19-17-15-13-11-9-7-2/h33-34,39,41,47,49,54-55,59H,6-32,35-38,40,42-46,48,50-53H2,1-5H3,(H-,57,60,61,62)/p+1/b34-33+,41-39+,49-47+. The van der Waals surface area contributed by atoms with Crippen LogP contribution in [0.15, 0.2) is 36.5 Å². The quantitative estimate of drug-likeness (QED) is 0.0243. The monoisotopic (exact) mass is 938 g/mol. The number of carbonyl (C=O) groups excluding carboxylic acids is 1. The van der Waals surface area contributed by atoms with E-state index in [-0.39, 0.29) is 19.1 Å². The van der Waals surface area contributed by atoms with Gasteiger partial charge in [-0.2, -0.15) is 0 Å². The predicted octanol–water partition coefficient (Wildman–Crippen LogP) is 16.6. The summed E-state index contributed by atoms with van der Waals surface area (Å²) in [7, 11) is 1.55. The third kappa shape index (κ3) is 50.4. The van der Waals surface area contributed by atoms with Gasteiger partial charge < -0.3 is 19.8 Å². The van der Waals surface area contributed by atoms with E-state index in [9.17, 15) is 19.4 Å². The van der Waals surface area contributed by atoms with Crippen molar-refractivity contribution in [3.8, 4) is 0 Å². The first-order valence-electron chi connectivity index (χ1n) is 27.9. The topological polar surface area (TPSA) is 105 Å². The Hall–Kier alpha value is -1.28. The third-order valence-corrected chi connectivity index (χ3v) is 13.6. The van der Waals surface area contributed by atoms with E-state index in [0.29, 0.717) is 17.4 Å². The Morgan fingerprint density at radius 2 is 0.846 bits per heavy atom. The van der Waals surface area contributed by atoms with Crippen LogP contribution in [-0.4, -0.2) is 73.4 Å². The highest BCUT2D eigenvalue weighted by atomic mass is 31.2. The molecule has 0 aliphatic carbocycles. The molecule has 0 saturated heterocycles. The molecule has 0 aromatic rings. The van der Waals surface area contributed by atoms with E-state index in [1.165, 1.54) is 199 Å². The number of nitrogens with zero attached hydrogens (tertiary/aromatic N) is 1. The number of rotatable bonds is 51. The summed E-state index contributed by atoms with van der Waals surface area (Å²) in [5, 5.41) is 13.9. The first kappa shape index (κ1) is 63.7. The van der Waals surface area contributed by atoms with Gasteiger partial charge in [0.2, 0.25) is 5.91 Å². The molecule has 65 heavy (non-hydrogen) atoms. The highest BCUT2D eigenvalue weighted by Crippen LogP contribution is 2.43. The smallest absolute Gasteiger partial charge is 0.387 e. The summed E-state index contributed by atoms with van der Waals surface area (Å²) in [6.07, 6.45) is 61.1. The molecule has 384 valence electrons. The molecule has 0 aromatic carbocycles.